The minimum absolute atomic E-state index is 0.153. The molecule has 0 fully saturated rings. The van der Waals surface area contributed by atoms with E-state index in [-0.39, 0.29) is 21.2 Å². The first-order chi connectivity index (χ1) is 15.7. The number of aromatic carboxylic acids is 1. The summed E-state index contributed by atoms with van der Waals surface area (Å²) in [6.07, 6.45) is 0. The molecule has 0 bridgehead atoms. The minimum Gasteiger partial charge on any atom is -0.507 e. The van der Waals surface area contributed by atoms with Crippen molar-refractivity contribution in [3.63, 3.8) is 0 Å². The summed E-state index contributed by atoms with van der Waals surface area (Å²) in [7, 11) is -8.79. The van der Waals surface area contributed by atoms with E-state index in [0.717, 1.165) is 24.3 Å². The maximum Gasteiger partial charge on any atom is 0.339 e. The summed E-state index contributed by atoms with van der Waals surface area (Å²) in [5.41, 5.74) is -0.338. The molecular weight excluding hydrogens is 492 g/mol. The standard InChI is InChI=1S/C11H8O6S.C10H8O5S/c12-10-5-6-1-2-8(18(15,16)17)3-7(6)4-9(10)11(13)14;11-8-5-9(16(13,14)15)6-3-1-2-4-7(6)10(8)12/h1-5,12H,(H,13,14)(H,15,16,17);1-5,11-12H,(H,13,14,15). The highest BCUT2D eigenvalue weighted by molar-refractivity contribution is 7.86. The quantitative estimate of drug-likeness (QED) is 0.175. The zero-order chi connectivity index (χ0) is 25.4. The highest BCUT2D eigenvalue weighted by Gasteiger charge is 2.18. The van der Waals surface area contributed by atoms with Crippen LogP contribution in [0.2, 0.25) is 0 Å². The summed E-state index contributed by atoms with van der Waals surface area (Å²) in [4.78, 5) is 10.1. The lowest BCUT2D eigenvalue weighted by Crippen LogP contribution is -1.99. The fourth-order valence-corrected chi connectivity index (χ4v) is 4.35. The zero-order valence-electron chi connectivity index (χ0n) is 16.8. The molecule has 4 aromatic rings. The maximum absolute atomic E-state index is 11.1. The number of fused-ring (bicyclic) bond motifs is 2. The normalized spacial score (nSPS) is 11.7. The first-order valence-corrected chi connectivity index (χ1v) is 12.0. The van der Waals surface area contributed by atoms with E-state index in [2.05, 4.69) is 0 Å². The van der Waals surface area contributed by atoms with E-state index in [1.165, 1.54) is 24.3 Å². The molecular formula is C21H16O11S2. The molecule has 13 heteroatoms. The molecule has 0 saturated carbocycles. The van der Waals surface area contributed by atoms with Crippen molar-refractivity contribution in [2.45, 2.75) is 9.79 Å². The van der Waals surface area contributed by atoms with Gasteiger partial charge in [0.15, 0.2) is 11.5 Å². The Balaban J connectivity index is 0.000000192. The lowest BCUT2D eigenvalue weighted by molar-refractivity contribution is 0.0694. The molecule has 11 nitrogen and oxygen atoms in total. The van der Waals surface area contributed by atoms with Crippen molar-refractivity contribution in [3.05, 3.63) is 66.2 Å². The molecule has 0 aliphatic heterocycles. The van der Waals surface area contributed by atoms with Crippen molar-refractivity contribution in [3.8, 4) is 17.2 Å². The van der Waals surface area contributed by atoms with Crippen LogP contribution in [0.15, 0.2) is 70.5 Å². The number of hydrogen-bond acceptors (Lipinski definition) is 8. The Morgan fingerprint density at radius 1 is 0.676 bits per heavy atom. The van der Waals surface area contributed by atoms with E-state index in [9.17, 15) is 36.9 Å². The van der Waals surface area contributed by atoms with Gasteiger partial charge in [0.2, 0.25) is 0 Å². The van der Waals surface area contributed by atoms with E-state index in [0.29, 0.717) is 10.8 Å². The minimum atomic E-state index is -4.44. The second-order valence-electron chi connectivity index (χ2n) is 6.92. The maximum atomic E-state index is 11.1. The van der Waals surface area contributed by atoms with Gasteiger partial charge in [0.1, 0.15) is 16.2 Å². The third kappa shape index (κ3) is 5.02. The van der Waals surface area contributed by atoms with Crippen LogP contribution in [0.3, 0.4) is 0 Å². The van der Waals surface area contributed by atoms with Gasteiger partial charge < -0.3 is 20.4 Å². The van der Waals surface area contributed by atoms with Gasteiger partial charge in [-0.15, -0.1) is 0 Å². The topological polar surface area (TPSA) is 207 Å². The average molecular weight is 508 g/mol. The Bertz CT molecular complexity index is 1660. The summed E-state index contributed by atoms with van der Waals surface area (Å²) in [6, 6.07) is 12.8. The predicted octanol–water partition coefficient (Wildman–Crippen LogP) is 2.99. The molecule has 34 heavy (non-hydrogen) atoms. The van der Waals surface area contributed by atoms with Gasteiger partial charge in [0.25, 0.3) is 20.2 Å². The van der Waals surface area contributed by atoms with Gasteiger partial charge in [-0.3, -0.25) is 9.11 Å². The van der Waals surface area contributed by atoms with Crippen LogP contribution in [0.1, 0.15) is 10.4 Å². The Hall–Kier alpha value is -3.91. The number of benzene rings is 4. The van der Waals surface area contributed by atoms with Crippen LogP contribution in [-0.2, 0) is 20.2 Å². The first-order valence-electron chi connectivity index (χ1n) is 9.09. The Morgan fingerprint density at radius 2 is 1.29 bits per heavy atom. The van der Waals surface area contributed by atoms with Crippen molar-refractivity contribution in [1.29, 1.82) is 0 Å². The van der Waals surface area contributed by atoms with Crippen molar-refractivity contribution >= 4 is 47.8 Å². The average Bonchev–Trinajstić information content (AvgIpc) is 2.74. The summed E-state index contributed by atoms with van der Waals surface area (Å²) in [5, 5.41) is 38.2. The summed E-state index contributed by atoms with van der Waals surface area (Å²) >= 11 is 0. The highest BCUT2D eigenvalue weighted by atomic mass is 32.2. The predicted molar refractivity (Wildman–Crippen MR) is 119 cm³/mol. The second kappa shape index (κ2) is 8.79. The van der Waals surface area contributed by atoms with Gasteiger partial charge >= 0.3 is 5.97 Å². The largest absolute Gasteiger partial charge is 0.507 e. The van der Waals surface area contributed by atoms with Gasteiger partial charge in [-0.25, -0.2) is 4.79 Å². The fourth-order valence-electron chi connectivity index (χ4n) is 3.12. The first kappa shape index (κ1) is 24.7. The van der Waals surface area contributed by atoms with E-state index >= 15 is 0 Å². The Labute approximate surface area is 192 Å². The summed E-state index contributed by atoms with van der Waals surface area (Å²) in [6.45, 7) is 0. The Morgan fingerprint density at radius 3 is 1.85 bits per heavy atom. The molecule has 4 rings (SSSR count). The number of phenols is 3. The van der Waals surface area contributed by atoms with E-state index in [1.54, 1.807) is 12.1 Å². The summed E-state index contributed by atoms with van der Waals surface area (Å²) < 4.78 is 61.9. The number of carboxylic acids is 1. The summed E-state index contributed by atoms with van der Waals surface area (Å²) in [5.74, 6) is -2.74. The van der Waals surface area contributed by atoms with Crippen molar-refractivity contribution < 1.29 is 51.2 Å². The van der Waals surface area contributed by atoms with Gasteiger partial charge in [-0.2, -0.15) is 16.8 Å². The molecule has 0 atom stereocenters. The van der Waals surface area contributed by atoms with Crippen LogP contribution in [0.5, 0.6) is 17.2 Å². The fraction of sp³-hybridized carbons (Fsp3) is 0. The van der Waals surface area contributed by atoms with E-state index < -0.39 is 48.3 Å². The molecule has 4 aromatic carbocycles. The molecule has 0 spiro atoms. The molecule has 178 valence electrons. The van der Waals surface area contributed by atoms with E-state index in [1.807, 2.05) is 0 Å². The zero-order valence-corrected chi connectivity index (χ0v) is 18.4. The molecule has 0 amide bonds. The number of carbonyl (C=O) groups is 1. The third-order valence-corrected chi connectivity index (χ3v) is 6.43. The monoisotopic (exact) mass is 508 g/mol. The van der Waals surface area contributed by atoms with E-state index in [4.69, 9.17) is 14.2 Å². The molecule has 0 radical (unpaired) electrons. The van der Waals surface area contributed by atoms with Crippen LogP contribution in [0.4, 0.5) is 0 Å². The molecule has 0 aliphatic carbocycles. The number of aromatic hydroxyl groups is 3. The number of phenolic OH excluding ortho intramolecular Hbond substituents is 2. The second-order valence-corrected chi connectivity index (χ2v) is 9.73. The molecule has 6 N–H and O–H groups in total. The van der Waals surface area contributed by atoms with Crippen molar-refractivity contribution in [2.75, 3.05) is 0 Å². The lowest BCUT2D eigenvalue weighted by Gasteiger charge is -2.07. The van der Waals surface area contributed by atoms with Crippen LogP contribution < -0.4 is 0 Å². The van der Waals surface area contributed by atoms with Crippen molar-refractivity contribution in [2.24, 2.45) is 0 Å². The SMILES string of the molecule is O=C(O)c1cc2cc(S(=O)(=O)O)ccc2cc1O.O=S(=O)(O)c1cc(O)c(O)c2ccccc12. The highest BCUT2D eigenvalue weighted by Crippen LogP contribution is 2.37. The molecule has 0 aromatic heterocycles. The van der Waals surface area contributed by atoms with Crippen LogP contribution in [0, 0.1) is 0 Å². The molecule has 0 heterocycles. The van der Waals surface area contributed by atoms with Gasteiger partial charge in [0.05, 0.1) is 4.90 Å². The Kier molecular flexibility index (Phi) is 6.40. The van der Waals surface area contributed by atoms with Gasteiger partial charge in [0, 0.05) is 16.8 Å². The number of rotatable bonds is 3. The lowest BCUT2D eigenvalue weighted by atomic mass is 10.1. The van der Waals surface area contributed by atoms with Crippen LogP contribution >= 0.6 is 0 Å². The molecule has 0 saturated heterocycles. The third-order valence-electron chi connectivity index (χ3n) is 4.69. The molecule has 0 aliphatic rings. The van der Waals surface area contributed by atoms with Crippen LogP contribution in [-0.4, -0.2) is 52.3 Å². The number of hydrogen-bond donors (Lipinski definition) is 6. The number of carboxylic acid groups (broad SMARTS) is 1. The van der Waals surface area contributed by atoms with Gasteiger partial charge in [-0.05, 0) is 35.0 Å². The van der Waals surface area contributed by atoms with Gasteiger partial charge in [-0.1, -0.05) is 30.3 Å². The van der Waals surface area contributed by atoms with Crippen molar-refractivity contribution in [1.82, 2.24) is 0 Å². The molecule has 0 unspecified atom stereocenters. The smallest absolute Gasteiger partial charge is 0.339 e. The van der Waals surface area contributed by atoms with Crippen LogP contribution in [0.25, 0.3) is 21.5 Å².